The van der Waals surface area contributed by atoms with Crippen LogP contribution in [0.1, 0.15) is 82.1 Å². The molecule has 2 atom stereocenters. The quantitative estimate of drug-likeness (QED) is 0.292. The highest BCUT2D eigenvalue weighted by molar-refractivity contribution is 5.63. The van der Waals surface area contributed by atoms with Gasteiger partial charge in [0.25, 0.3) is 0 Å². The first-order valence-electron chi connectivity index (χ1n) is 12.8. The second-order valence-electron chi connectivity index (χ2n) is 9.48. The summed E-state index contributed by atoms with van der Waals surface area (Å²) in [6, 6.07) is 27.6. The zero-order chi connectivity index (χ0) is 22.9. The molecule has 1 aliphatic rings. The molecule has 174 valence electrons. The van der Waals surface area contributed by atoms with Crippen molar-refractivity contribution in [3.05, 3.63) is 90.0 Å². The van der Waals surface area contributed by atoms with Crippen molar-refractivity contribution in [2.45, 2.75) is 71.0 Å². The topological polar surface area (TPSA) is 18.5 Å². The standard InChI is InChI=1S/C31H38O2/c1-3-24(2)26-18-20-30(21-19-26)33-31(32-23-22-25-10-6-4-7-11-25)29-16-14-28(15-17-29)27-12-8-5-9-13-27/h5,8-9,12-21,24-25,31H,3-4,6-7,10-11,22-23H2,1-2H3. The number of hydrogen-bond donors (Lipinski definition) is 0. The fourth-order valence-electron chi connectivity index (χ4n) is 4.71. The van der Waals surface area contributed by atoms with Crippen molar-refractivity contribution in [1.29, 1.82) is 0 Å². The van der Waals surface area contributed by atoms with Gasteiger partial charge in [-0.1, -0.05) is 113 Å². The Bertz CT molecular complexity index is 940. The maximum atomic E-state index is 6.38. The molecule has 2 unspecified atom stereocenters. The molecule has 0 amide bonds. The Hall–Kier alpha value is -2.58. The van der Waals surface area contributed by atoms with E-state index in [1.165, 1.54) is 48.8 Å². The van der Waals surface area contributed by atoms with E-state index >= 15 is 0 Å². The fourth-order valence-corrected chi connectivity index (χ4v) is 4.71. The summed E-state index contributed by atoms with van der Waals surface area (Å²) in [4.78, 5) is 0. The van der Waals surface area contributed by atoms with Crippen molar-refractivity contribution in [2.75, 3.05) is 6.61 Å². The molecule has 0 aromatic heterocycles. The Morgan fingerprint density at radius 2 is 1.39 bits per heavy atom. The molecule has 0 aliphatic heterocycles. The van der Waals surface area contributed by atoms with Crippen molar-refractivity contribution in [3.63, 3.8) is 0 Å². The third-order valence-electron chi connectivity index (χ3n) is 7.11. The van der Waals surface area contributed by atoms with Gasteiger partial charge in [-0.25, -0.2) is 0 Å². The van der Waals surface area contributed by atoms with Gasteiger partial charge in [0, 0.05) is 5.56 Å². The molecule has 1 saturated carbocycles. The molecule has 3 aromatic rings. The Kier molecular flexibility index (Phi) is 8.60. The SMILES string of the molecule is CCC(C)c1ccc(OC(OCCC2CCCCC2)c2ccc(-c3ccccc3)cc2)cc1. The highest BCUT2D eigenvalue weighted by Crippen LogP contribution is 2.30. The minimum absolute atomic E-state index is 0.395. The smallest absolute Gasteiger partial charge is 0.226 e. The van der Waals surface area contributed by atoms with Crippen molar-refractivity contribution in [1.82, 2.24) is 0 Å². The normalized spacial score (nSPS) is 16.3. The third-order valence-corrected chi connectivity index (χ3v) is 7.11. The molecule has 0 heterocycles. The van der Waals surface area contributed by atoms with Crippen LogP contribution in [-0.4, -0.2) is 6.61 Å². The van der Waals surface area contributed by atoms with Crippen LogP contribution < -0.4 is 4.74 Å². The van der Waals surface area contributed by atoms with E-state index in [-0.39, 0.29) is 0 Å². The van der Waals surface area contributed by atoms with Crippen LogP contribution in [0.15, 0.2) is 78.9 Å². The van der Waals surface area contributed by atoms with Crippen LogP contribution in [0.3, 0.4) is 0 Å². The summed E-state index contributed by atoms with van der Waals surface area (Å²) in [6.07, 6.45) is 8.68. The summed E-state index contributed by atoms with van der Waals surface area (Å²) in [5, 5.41) is 0. The van der Waals surface area contributed by atoms with Gasteiger partial charge in [-0.15, -0.1) is 0 Å². The second kappa shape index (κ2) is 12.0. The first-order chi connectivity index (χ1) is 16.2. The van der Waals surface area contributed by atoms with Crippen LogP contribution >= 0.6 is 0 Å². The minimum Gasteiger partial charge on any atom is -0.461 e. The highest BCUT2D eigenvalue weighted by atomic mass is 16.7. The van der Waals surface area contributed by atoms with E-state index in [9.17, 15) is 0 Å². The van der Waals surface area contributed by atoms with Crippen LogP contribution in [-0.2, 0) is 4.74 Å². The van der Waals surface area contributed by atoms with Crippen molar-refractivity contribution in [3.8, 4) is 16.9 Å². The maximum Gasteiger partial charge on any atom is 0.226 e. The molecule has 2 heteroatoms. The number of hydrogen-bond acceptors (Lipinski definition) is 2. The monoisotopic (exact) mass is 442 g/mol. The lowest BCUT2D eigenvalue weighted by molar-refractivity contribution is -0.0878. The molecule has 33 heavy (non-hydrogen) atoms. The molecule has 4 rings (SSSR count). The summed E-state index contributed by atoms with van der Waals surface area (Å²) in [7, 11) is 0. The Labute approximate surface area is 200 Å². The zero-order valence-corrected chi connectivity index (χ0v) is 20.2. The second-order valence-corrected chi connectivity index (χ2v) is 9.48. The average Bonchev–Trinajstić information content (AvgIpc) is 2.89. The van der Waals surface area contributed by atoms with Crippen molar-refractivity contribution >= 4 is 0 Å². The first-order valence-corrected chi connectivity index (χ1v) is 12.8. The molecule has 0 spiro atoms. The van der Waals surface area contributed by atoms with E-state index in [1.54, 1.807) is 0 Å². The van der Waals surface area contributed by atoms with Gasteiger partial charge in [-0.3, -0.25) is 0 Å². The van der Waals surface area contributed by atoms with Crippen LogP contribution in [0, 0.1) is 5.92 Å². The van der Waals surface area contributed by atoms with E-state index in [0.29, 0.717) is 5.92 Å². The van der Waals surface area contributed by atoms with Crippen LogP contribution in [0.25, 0.3) is 11.1 Å². The molecule has 0 radical (unpaired) electrons. The van der Waals surface area contributed by atoms with Gasteiger partial charge in [0.05, 0.1) is 6.61 Å². The molecule has 2 nitrogen and oxygen atoms in total. The van der Waals surface area contributed by atoms with E-state index in [1.807, 2.05) is 0 Å². The van der Waals surface area contributed by atoms with Gasteiger partial charge in [-0.2, -0.15) is 0 Å². The molecule has 1 aliphatic carbocycles. The maximum absolute atomic E-state index is 6.38. The Morgan fingerprint density at radius 3 is 2.06 bits per heavy atom. The van der Waals surface area contributed by atoms with Gasteiger partial charge in [-0.05, 0) is 53.5 Å². The number of ether oxygens (including phenoxy) is 2. The van der Waals surface area contributed by atoms with Gasteiger partial charge in [0.15, 0.2) is 0 Å². The van der Waals surface area contributed by atoms with E-state index in [2.05, 4.69) is 92.7 Å². The van der Waals surface area contributed by atoms with Crippen molar-refractivity contribution < 1.29 is 9.47 Å². The molecular weight excluding hydrogens is 404 g/mol. The Morgan fingerprint density at radius 1 is 0.758 bits per heavy atom. The van der Waals surface area contributed by atoms with Crippen LogP contribution in [0.5, 0.6) is 5.75 Å². The average molecular weight is 443 g/mol. The first kappa shape index (κ1) is 23.6. The molecule has 0 bridgehead atoms. The Balaban J connectivity index is 1.46. The fraction of sp³-hybridized carbons (Fsp3) is 0.419. The highest BCUT2D eigenvalue weighted by Gasteiger charge is 2.18. The lowest BCUT2D eigenvalue weighted by Gasteiger charge is -2.24. The van der Waals surface area contributed by atoms with E-state index in [4.69, 9.17) is 9.47 Å². The molecule has 3 aromatic carbocycles. The van der Waals surface area contributed by atoms with Crippen LogP contribution in [0.2, 0.25) is 0 Å². The summed E-state index contributed by atoms with van der Waals surface area (Å²) in [5.74, 6) is 2.22. The molecule has 0 saturated heterocycles. The van der Waals surface area contributed by atoms with Gasteiger partial charge in [0.1, 0.15) is 5.75 Å². The van der Waals surface area contributed by atoms with Gasteiger partial charge >= 0.3 is 0 Å². The minimum atomic E-state index is -0.395. The zero-order valence-electron chi connectivity index (χ0n) is 20.2. The summed E-state index contributed by atoms with van der Waals surface area (Å²) in [5.41, 5.74) is 4.84. The number of rotatable bonds is 10. The van der Waals surface area contributed by atoms with Gasteiger partial charge in [0.2, 0.25) is 6.29 Å². The van der Waals surface area contributed by atoms with Crippen LogP contribution in [0.4, 0.5) is 0 Å². The summed E-state index contributed by atoms with van der Waals surface area (Å²) >= 11 is 0. The van der Waals surface area contributed by atoms with Gasteiger partial charge < -0.3 is 9.47 Å². The summed E-state index contributed by atoms with van der Waals surface area (Å²) in [6.45, 7) is 5.23. The summed E-state index contributed by atoms with van der Waals surface area (Å²) < 4.78 is 12.7. The molecule has 1 fully saturated rings. The lowest BCUT2D eigenvalue weighted by atomic mass is 9.87. The predicted octanol–water partition coefficient (Wildman–Crippen LogP) is 8.93. The van der Waals surface area contributed by atoms with E-state index < -0.39 is 6.29 Å². The third kappa shape index (κ3) is 6.71. The predicted molar refractivity (Wildman–Crippen MR) is 138 cm³/mol. The lowest BCUT2D eigenvalue weighted by Crippen LogP contribution is -2.16. The van der Waals surface area contributed by atoms with Crippen molar-refractivity contribution in [2.24, 2.45) is 5.92 Å². The molecule has 0 N–H and O–H groups in total. The largest absolute Gasteiger partial charge is 0.461 e. The van der Waals surface area contributed by atoms with E-state index in [0.717, 1.165) is 36.7 Å². The number of benzene rings is 3. The molecular formula is C31H38O2.